The minimum atomic E-state index is -0.268. The molecule has 22 heavy (non-hydrogen) atoms. The van der Waals surface area contributed by atoms with Gasteiger partial charge < -0.3 is 10.2 Å². The molecule has 1 fully saturated rings. The van der Waals surface area contributed by atoms with E-state index in [4.69, 9.17) is 0 Å². The molecule has 1 heterocycles. The summed E-state index contributed by atoms with van der Waals surface area (Å²) in [7, 11) is 0. The second-order valence-corrected chi connectivity index (χ2v) is 6.17. The van der Waals surface area contributed by atoms with Crippen LogP contribution in [0.15, 0.2) is 53.0 Å². The highest BCUT2D eigenvalue weighted by Gasteiger charge is 2.30. The minimum absolute atomic E-state index is 0.0711. The number of carbonyl (C=O) groups is 1. The topological polar surface area (TPSA) is 32.3 Å². The van der Waals surface area contributed by atoms with Crippen LogP contribution in [0.5, 0.6) is 0 Å². The summed E-state index contributed by atoms with van der Waals surface area (Å²) < 4.78 is 14.3. The number of para-hydroxylation sites is 1. The highest BCUT2D eigenvalue weighted by Crippen LogP contribution is 2.33. The first-order chi connectivity index (χ1) is 10.6. The lowest BCUT2D eigenvalue weighted by Gasteiger charge is -2.25. The van der Waals surface area contributed by atoms with Gasteiger partial charge in [-0.25, -0.2) is 9.18 Å². The number of amides is 2. The van der Waals surface area contributed by atoms with Crippen LogP contribution in [-0.2, 0) is 0 Å². The van der Waals surface area contributed by atoms with Gasteiger partial charge in [-0.05, 0) is 58.6 Å². The van der Waals surface area contributed by atoms with Crippen LogP contribution >= 0.6 is 15.9 Å². The first kappa shape index (κ1) is 15.0. The Balaban J connectivity index is 1.78. The molecule has 0 spiro atoms. The smallest absolute Gasteiger partial charge is 0.317 e. The monoisotopic (exact) mass is 362 g/mol. The van der Waals surface area contributed by atoms with Crippen molar-refractivity contribution in [1.82, 2.24) is 4.90 Å². The molecule has 1 saturated heterocycles. The average Bonchev–Trinajstić information content (AvgIpc) is 2.99. The van der Waals surface area contributed by atoms with Crippen LogP contribution in [0.1, 0.15) is 24.4 Å². The van der Waals surface area contributed by atoms with Crippen LogP contribution in [0.3, 0.4) is 0 Å². The first-order valence-electron chi connectivity index (χ1n) is 7.23. The Morgan fingerprint density at radius 2 is 2.05 bits per heavy atom. The van der Waals surface area contributed by atoms with Gasteiger partial charge in [-0.3, -0.25) is 0 Å². The Bertz CT molecular complexity index is 692. The molecule has 2 aromatic rings. The first-order valence-corrected chi connectivity index (χ1v) is 8.02. The lowest BCUT2D eigenvalue weighted by molar-refractivity contribution is 0.207. The fourth-order valence-corrected chi connectivity index (χ4v) is 3.20. The van der Waals surface area contributed by atoms with Gasteiger partial charge in [0.2, 0.25) is 0 Å². The van der Waals surface area contributed by atoms with E-state index >= 15 is 0 Å². The number of carbonyl (C=O) groups excluding carboxylic acids is 1. The molecule has 0 bridgehead atoms. The van der Waals surface area contributed by atoms with Gasteiger partial charge in [0.1, 0.15) is 5.82 Å². The third-order valence-corrected chi connectivity index (χ3v) is 4.55. The molecule has 3 rings (SSSR count). The van der Waals surface area contributed by atoms with E-state index in [9.17, 15) is 9.18 Å². The van der Waals surface area contributed by atoms with E-state index in [0.29, 0.717) is 6.54 Å². The van der Waals surface area contributed by atoms with Crippen LogP contribution < -0.4 is 5.32 Å². The molecule has 0 saturated carbocycles. The summed E-state index contributed by atoms with van der Waals surface area (Å²) in [4.78, 5) is 14.3. The molecular weight excluding hydrogens is 347 g/mol. The van der Waals surface area contributed by atoms with Crippen molar-refractivity contribution < 1.29 is 9.18 Å². The Morgan fingerprint density at radius 1 is 1.23 bits per heavy atom. The maximum absolute atomic E-state index is 13.4. The second-order valence-electron chi connectivity index (χ2n) is 5.32. The van der Waals surface area contributed by atoms with Crippen LogP contribution in [0, 0.1) is 5.82 Å². The van der Waals surface area contributed by atoms with Crippen molar-refractivity contribution >= 4 is 27.6 Å². The standard InChI is InChI=1S/C17H16BrFN2O/c18-14-7-1-2-8-15(14)20-17(22)21-10-4-9-16(21)12-5-3-6-13(19)11-12/h1-3,5-8,11,16H,4,9-10H2,(H,20,22)/t16-/m1/s1. The number of rotatable bonds is 2. The summed E-state index contributed by atoms with van der Waals surface area (Å²) in [5.41, 5.74) is 1.58. The van der Waals surface area contributed by atoms with E-state index in [2.05, 4.69) is 21.2 Å². The second kappa shape index (κ2) is 6.48. The van der Waals surface area contributed by atoms with E-state index in [1.54, 1.807) is 11.0 Å². The lowest BCUT2D eigenvalue weighted by Crippen LogP contribution is -2.34. The summed E-state index contributed by atoms with van der Waals surface area (Å²) in [6, 6.07) is 13.7. The number of hydrogen-bond acceptors (Lipinski definition) is 1. The van der Waals surface area contributed by atoms with Gasteiger partial charge in [-0.1, -0.05) is 24.3 Å². The molecule has 0 aliphatic carbocycles. The SMILES string of the molecule is O=C(Nc1ccccc1Br)N1CCC[C@@H]1c1cccc(F)c1. The van der Waals surface area contributed by atoms with Crippen molar-refractivity contribution in [3.8, 4) is 0 Å². The molecule has 1 aliphatic heterocycles. The van der Waals surface area contributed by atoms with Gasteiger partial charge in [0, 0.05) is 11.0 Å². The highest BCUT2D eigenvalue weighted by atomic mass is 79.9. The highest BCUT2D eigenvalue weighted by molar-refractivity contribution is 9.10. The Kier molecular flexibility index (Phi) is 4.43. The van der Waals surface area contributed by atoms with Crippen molar-refractivity contribution in [3.63, 3.8) is 0 Å². The summed E-state index contributed by atoms with van der Waals surface area (Å²) >= 11 is 3.42. The number of hydrogen-bond donors (Lipinski definition) is 1. The normalized spacial score (nSPS) is 17.5. The van der Waals surface area contributed by atoms with Gasteiger partial charge >= 0.3 is 6.03 Å². The summed E-state index contributed by atoms with van der Waals surface area (Å²) in [5.74, 6) is -0.268. The molecule has 0 radical (unpaired) electrons. The van der Waals surface area contributed by atoms with E-state index in [1.165, 1.54) is 12.1 Å². The number of likely N-dealkylation sites (tertiary alicyclic amines) is 1. The zero-order valence-electron chi connectivity index (χ0n) is 11.9. The number of benzene rings is 2. The fraction of sp³-hybridized carbons (Fsp3) is 0.235. The molecule has 2 amide bonds. The van der Waals surface area contributed by atoms with Crippen molar-refractivity contribution in [3.05, 3.63) is 64.4 Å². The summed E-state index contributed by atoms with van der Waals surface area (Å²) in [6.45, 7) is 0.678. The molecule has 3 nitrogen and oxygen atoms in total. The molecule has 114 valence electrons. The molecule has 1 aliphatic rings. The van der Waals surface area contributed by atoms with Crippen molar-refractivity contribution in [1.29, 1.82) is 0 Å². The van der Waals surface area contributed by atoms with Crippen molar-refractivity contribution in [2.45, 2.75) is 18.9 Å². The average molecular weight is 363 g/mol. The van der Waals surface area contributed by atoms with Crippen LogP contribution in [0.25, 0.3) is 0 Å². The molecule has 1 atom stereocenters. The molecule has 5 heteroatoms. The van der Waals surface area contributed by atoms with Crippen molar-refractivity contribution in [2.75, 3.05) is 11.9 Å². The number of anilines is 1. The Morgan fingerprint density at radius 3 is 2.82 bits per heavy atom. The molecule has 1 N–H and O–H groups in total. The van der Waals surface area contributed by atoms with Crippen LogP contribution in [0.4, 0.5) is 14.9 Å². The lowest BCUT2D eigenvalue weighted by atomic mass is 10.0. The zero-order valence-corrected chi connectivity index (χ0v) is 13.5. The largest absolute Gasteiger partial charge is 0.322 e. The predicted octanol–water partition coefficient (Wildman–Crippen LogP) is 4.96. The Labute approximate surface area is 137 Å². The van der Waals surface area contributed by atoms with Gasteiger partial charge in [0.25, 0.3) is 0 Å². The molecule has 0 unspecified atom stereocenters. The zero-order chi connectivity index (χ0) is 15.5. The third-order valence-electron chi connectivity index (χ3n) is 3.86. The molecule has 0 aromatic heterocycles. The van der Waals surface area contributed by atoms with Gasteiger partial charge in [-0.2, -0.15) is 0 Å². The van der Waals surface area contributed by atoms with Gasteiger partial charge in [-0.15, -0.1) is 0 Å². The number of urea groups is 1. The predicted molar refractivity (Wildman–Crippen MR) is 88.2 cm³/mol. The number of nitrogens with zero attached hydrogens (tertiary/aromatic N) is 1. The van der Waals surface area contributed by atoms with E-state index in [0.717, 1.165) is 28.6 Å². The summed E-state index contributed by atoms with van der Waals surface area (Å²) in [6.07, 6.45) is 1.78. The molecule has 2 aromatic carbocycles. The maximum Gasteiger partial charge on any atom is 0.322 e. The number of halogens is 2. The molecular formula is C17H16BrFN2O. The fourth-order valence-electron chi connectivity index (χ4n) is 2.82. The van der Waals surface area contributed by atoms with Crippen molar-refractivity contribution in [2.24, 2.45) is 0 Å². The van der Waals surface area contributed by atoms with E-state index in [-0.39, 0.29) is 17.9 Å². The summed E-state index contributed by atoms with van der Waals surface area (Å²) in [5, 5.41) is 2.91. The van der Waals surface area contributed by atoms with Crippen LogP contribution in [0.2, 0.25) is 0 Å². The third kappa shape index (κ3) is 3.14. The maximum atomic E-state index is 13.4. The number of nitrogens with one attached hydrogen (secondary N) is 1. The Hall–Kier alpha value is -1.88. The van der Waals surface area contributed by atoms with E-state index in [1.807, 2.05) is 30.3 Å². The van der Waals surface area contributed by atoms with Gasteiger partial charge in [0.15, 0.2) is 0 Å². The van der Waals surface area contributed by atoms with E-state index < -0.39 is 0 Å². The van der Waals surface area contributed by atoms with Crippen LogP contribution in [-0.4, -0.2) is 17.5 Å². The minimum Gasteiger partial charge on any atom is -0.317 e. The quantitative estimate of drug-likeness (QED) is 0.804. The van der Waals surface area contributed by atoms with Gasteiger partial charge in [0.05, 0.1) is 11.7 Å².